The highest BCUT2D eigenvalue weighted by Gasteiger charge is 2.09. The molecule has 0 unspecified atom stereocenters. The van der Waals surface area contributed by atoms with Crippen LogP contribution in [0.15, 0.2) is 77.9 Å². The van der Waals surface area contributed by atoms with E-state index in [1.807, 2.05) is 6.92 Å². The van der Waals surface area contributed by atoms with E-state index in [0.29, 0.717) is 40.0 Å². The molecule has 7 nitrogen and oxygen atoms in total. The summed E-state index contributed by atoms with van der Waals surface area (Å²) in [6, 6.07) is 20.1. The van der Waals surface area contributed by atoms with Crippen molar-refractivity contribution in [3.05, 3.63) is 88.9 Å². The van der Waals surface area contributed by atoms with Crippen LogP contribution in [0, 0.1) is 0 Å². The SMILES string of the molecule is CCOc1ccc(C(=O)Oc2ccc(/C=N/NC(=O)COc3ccc(Cl)cc3)cc2)cc1. The molecule has 0 saturated heterocycles. The third-order valence-corrected chi connectivity index (χ3v) is 4.33. The molecule has 1 N–H and O–H groups in total. The quantitative estimate of drug-likeness (QED) is 0.224. The van der Waals surface area contributed by atoms with Gasteiger partial charge in [0.2, 0.25) is 0 Å². The lowest BCUT2D eigenvalue weighted by atomic mass is 10.2. The van der Waals surface area contributed by atoms with Crippen molar-refractivity contribution >= 4 is 29.7 Å². The lowest BCUT2D eigenvalue weighted by Crippen LogP contribution is -2.24. The minimum atomic E-state index is -0.470. The zero-order chi connectivity index (χ0) is 22.8. The molecule has 32 heavy (non-hydrogen) atoms. The van der Waals surface area contributed by atoms with Crippen LogP contribution in [0.5, 0.6) is 17.2 Å². The van der Waals surface area contributed by atoms with Crippen molar-refractivity contribution in [3.8, 4) is 17.2 Å². The average molecular weight is 453 g/mol. The van der Waals surface area contributed by atoms with E-state index in [1.54, 1.807) is 72.8 Å². The molecule has 0 fully saturated rings. The van der Waals surface area contributed by atoms with Crippen molar-refractivity contribution in [2.24, 2.45) is 5.10 Å². The van der Waals surface area contributed by atoms with E-state index >= 15 is 0 Å². The van der Waals surface area contributed by atoms with Gasteiger partial charge in [-0.1, -0.05) is 11.6 Å². The number of benzene rings is 3. The summed E-state index contributed by atoms with van der Waals surface area (Å²) in [4.78, 5) is 24.0. The van der Waals surface area contributed by atoms with Crippen LogP contribution in [0.2, 0.25) is 5.02 Å². The highest BCUT2D eigenvalue weighted by atomic mass is 35.5. The van der Waals surface area contributed by atoms with E-state index in [2.05, 4.69) is 10.5 Å². The number of ether oxygens (including phenoxy) is 3. The van der Waals surface area contributed by atoms with Gasteiger partial charge in [-0.3, -0.25) is 4.79 Å². The van der Waals surface area contributed by atoms with Gasteiger partial charge in [-0.15, -0.1) is 0 Å². The summed E-state index contributed by atoms with van der Waals surface area (Å²) >= 11 is 5.80. The molecule has 0 bridgehead atoms. The zero-order valence-corrected chi connectivity index (χ0v) is 18.0. The molecule has 3 aromatic carbocycles. The topological polar surface area (TPSA) is 86.2 Å². The molecular weight excluding hydrogens is 432 g/mol. The largest absolute Gasteiger partial charge is 0.494 e. The first-order chi connectivity index (χ1) is 15.5. The maximum Gasteiger partial charge on any atom is 0.343 e. The molecule has 0 aliphatic rings. The first kappa shape index (κ1) is 22.8. The molecule has 0 atom stereocenters. The van der Waals surface area contributed by atoms with Crippen LogP contribution in [0.3, 0.4) is 0 Å². The summed E-state index contributed by atoms with van der Waals surface area (Å²) in [6.07, 6.45) is 1.47. The summed E-state index contributed by atoms with van der Waals surface area (Å²) in [5.41, 5.74) is 3.51. The van der Waals surface area contributed by atoms with Crippen molar-refractivity contribution in [2.45, 2.75) is 6.92 Å². The Morgan fingerprint density at radius 2 is 1.47 bits per heavy atom. The summed E-state index contributed by atoms with van der Waals surface area (Å²) in [7, 11) is 0. The predicted molar refractivity (Wildman–Crippen MR) is 122 cm³/mol. The van der Waals surface area contributed by atoms with E-state index < -0.39 is 11.9 Å². The highest BCUT2D eigenvalue weighted by Crippen LogP contribution is 2.17. The lowest BCUT2D eigenvalue weighted by Gasteiger charge is -2.06. The van der Waals surface area contributed by atoms with Crippen molar-refractivity contribution < 1.29 is 23.8 Å². The molecule has 1 amide bonds. The van der Waals surface area contributed by atoms with E-state index in [1.165, 1.54) is 6.21 Å². The van der Waals surface area contributed by atoms with Crippen LogP contribution in [0.1, 0.15) is 22.8 Å². The number of amides is 1. The molecule has 8 heteroatoms. The number of nitrogens with zero attached hydrogens (tertiary/aromatic N) is 1. The van der Waals surface area contributed by atoms with Crippen LogP contribution >= 0.6 is 11.6 Å². The van der Waals surface area contributed by atoms with E-state index in [0.717, 1.165) is 0 Å². The molecule has 0 saturated carbocycles. The Labute approximate surface area is 190 Å². The fourth-order valence-corrected chi connectivity index (χ4v) is 2.66. The van der Waals surface area contributed by atoms with Gasteiger partial charge in [0.25, 0.3) is 5.91 Å². The van der Waals surface area contributed by atoms with Crippen molar-refractivity contribution in [2.75, 3.05) is 13.2 Å². The Morgan fingerprint density at radius 3 is 2.12 bits per heavy atom. The molecule has 0 aromatic heterocycles. The zero-order valence-electron chi connectivity index (χ0n) is 17.3. The first-order valence-electron chi connectivity index (χ1n) is 9.79. The molecule has 0 aliphatic carbocycles. The minimum absolute atomic E-state index is 0.181. The van der Waals surface area contributed by atoms with Crippen molar-refractivity contribution in [1.29, 1.82) is 0 Å². The van der Waals surface area contributed by atoms with Gasteiger partial charge in [-0.25, -0.2) is 10.2 Å². The van der Waals surface area contributed by atoms with Crippen molar-refractivity contribution in [3.63, 3.8) is 0 Å². The summed E-state index contributed by atoms with van der Waals surface area (Å²) < 4.78 is 16.0. The second-order valence-electron chi connectivity index (χ2n) is 6.45. The third-order valence-electron chi connectivity index (χ3n) is 4.08. The number of halogens is 1. The van der Waals surface area contributed by atoms with Gasteiger partial charge in [0.05, 0.1) is 18.4 Å². The van der Waals surface area contributed by atoms with Crippen LogP contribution in [0.4, 0.5) is 0 Å². The van der Waals surface area contributed by atoms with E-state index in [9.17, 15) is 9.59 Å². The Bertz CT molecular complexity index is 1070. The van der Waals surface area contributed by atoms with Crippen molar-refractivity contribution in [1.82, 2.24) is 5.43 Å². The molecule has 0 spiro atoms. The number of carbonyl (C=O) groups is 2. The molecule has 3 aromatic rings. The average Bonchev–Trinajstić information content (AvgIpc) is 2.80. The molecule has 0 aliphatic heterocycles. The smallest absolute Gasteiger partial charge is 0.343 e. The van der Waals surface area contributed by atoms with E-state index in [4.69, 9.17) is 25.8 Å². The maximum atomic E-state index is 12.2. The Morgan fingerprint density at radius 1 is 0.875 bits per heavy atom. The highest BCUT2D eigenvalue weighted by molar-refractivity contribution is 6.30. The maximum absolute atomic E-state index is 12.2. The molecule has 164 valence electrons. The number of rotatable bonds is 9. The Hall–Kier alpha value is -3.84. The number of nitrogens with one attached hydrogen (secondary N) is 1. The van der Waals surface area contributed by atoms with Gasteiger partial charge in [-0.05, 0) is 85.3 Å². The fraction of sp³-hybridized carbons (Fsp3) is 0.125. The van der Waals surface area contributed by atoms with E-state index in [-0.39, 0.29) is 6.61 Å². The first-order valence-corrected chi connectivity index (χ1v) is 10.2. The fourth-order valence-electron chi connectivity index (χ4n) is 2.53. The van der Waals surface area contributed by atoms with Gasteiger partial charge in [-0.2, -0.15) is 5.10 Å². The number of esters is 1. The molecule has 0 heterocycles. The number of hydrogen-bond acceptors (Lipinski definition) is 6. The monoisotopic (exact) mass is 452 g/mol. The van der Waals surface area contributed by atoms with Crippen LogP contribution in [-0.4, -0.2) is 31.3 Å². The molecule has 3 rings (SSSR count). The van der Waals surface area contributed by atoms with Crippen LogP contribution in [-0.2, 0) is 4.79 Å². The minimum Gasteiger partial charge on any atom is -0.494 e. The van der Waals surface area contributed by atoms with Gasteiger partial charge in [0.15, 0.2) is 6.61 Å². The second-order valence-corrected chi connectivity index (χ2v) is 6.89. The third kappa shape index (κ3) is 7.14. The van der Waals surface area contributed by atoms with Gasteiger partial charge in [0.1, 0.15) is 17.2 Å². The predicted octanol–water partition coefficient (Wildman–Crippen LogP) is 4.49. The van der Waals surface area contributed by atoms with Gasteiger partial charge >= 0.3 is 5.97 Å². The second kappa shape index (κ2) is 11.5. The molecular formula is C24H21ClN2O5. The van der Waals surface area contributed by atoms with Crippen LogP contribution < -0.4 is 19.6 Å². The summed E-state index contributed by atoms with van der Waals surface area (Å²) in [6.45, 7) is 2.27. The van der Waals surface area contributed by atoms with Gasteiger partial charge in [0, 0.05) is 5.02 Å². The normalized spacial score (nSPS) is 10.6. The Balaban J connectivity index is 1.45. The number of hydrazone groups is 1. The summed E-state index contributed by atoms with van der Waals surface area (Å²) in [5.74, 6) is 0.737. The van der Waals surface area contributed by atoms with Gasteiger partial charge < -0.3 is 14.2 Å². The lowest BCUT2D eigenvalue weighted by molar-refractivity contribution is -0.123. The number of hydrogen-bond donors (Lipinski definition) is 1. The Kier molecular flexibility index (Phi) is 8.22. The summed E-state index contributed by atoms with van der Waals surface area (Å²) in [5, 5.41) is 4.47. The standard InChI is InChI=1S/C24H21ClN2O5/c1-2-30-20-11-5-18(6-12-20)24(29)32-22-9-3-17(4-10-22)15-26-27-23(28)16-31-21-13-7-19(25)8-14-21/h3-15H,2,16H2,1H3,(H,27,28)/b26-15+. The molecule has 0 radical (unpaired) electrons. The van der Waals surface area contributed by atoms with Crippen LogP contribution in [0.25, 0.3) is 0 Å². The number of carbonyl (C=O) groups excluding carboxylic acids is 2.